The molecule has 1 saturated carbocycles. The third-order valence-electron chi connectivity index (χ3n) is 6.95. The number of halogens is 2. The van der Waals surface area contributed by atoms with Crippen molar-refractivity contribution < 1.29 is 18.0 Å². The Kier molecular flexibility index (Phi) is 4.00. The van der Waals surface area contributed by atoms with Crippen LogP contribution in [-0.2, 0) is 13.6 Å². The van der Waals surface area contributed by atoms with Gasteiger partial charge in [-0.25, -0.2) is 23.5 Å². The van der Waals surface area contributed by atoms with Gasteiger partial charge in [-0.2, -0.15) is 0 Å². The number of imidazole rings is 1. The predicted octanol–water partition coefficient (Wildman–Crippen LogP) is 2.70. The lowest BCUT2D eigenvalue weighted by atomic mass is 9.78. The van der Waals surface area contributed by atoms with Crippen LogP contribution in [0.4, 0.5) is 8.78 Å². The van der Waals surface area contributed by atoms with E-state index >= 15 is 0 Å². The number of hydrogen-bond acceptors (Lipinski definition) is 5. The molecule has 8 nitrogen and oxygen atoms in total. The van der Waals surface area contributed by atoms with Crippen molar-refractivity contribution in [1.82, 2.24) is 24.0 Å². The average Bonchev–Trinajstić information content (AvgIpc) is 3.13. The summed E-state index contributed by atoms with van der Waals surface area (Å²) in [6.07, 6.45) is 6.51. The van der Waals surface area contributed by atoms with E-state index < -0.39 is 11.8 Å². The van der Waals surface area contributed by atoms with Crippen molar-refractivity contribution in [2.45, 2.75) is 37.8 Å². The maximum Gasteiger partial charge on any atom is 0.330 e. The number of aryl methyl sites for hydroxylation is 1. The van der Waals surface area contributed by atoms with E-state index in [1.807, 2.05) is 6.07 Å². The molecule has 0 aromatic carbocycles. The first kappa shape index (κ1) is 19.4. The molecule has 7 rings (SSSR count). The summed E-state index contributed by atoms with van der Waals surface area (Å²) in [5.74, 6) is -3.50. The maximum absolute atomic E-state index is 13.4. The number of hydrogen-bond donors (Lipinski definition) is 0. The van der Waals surface area contributed by atoms with Crippen molar-refractivity contribution in [3.8, 4) is 0 Å². The van der Waals surface area contributed by atoms with Gasteiger partial charge in [0.2, 0.25) is 0 Å². The van der Waals surface area contributed by atoms with Crippen molar-refractivity contribution in [2.24, 2.45) is 18.9 Å². The van der Waals surface area contributed by atoms with Crippen LogP contribution in [0.5, 0.6) is 0 Å². The fraction of sp³-hybridized carbons (Fsp3) is 0.455. The molecule has 3 unspecified atom stereocenters. The SMILES string of the molecule is Cn1c(=O)n(CC2CC2(F)F)c2ccc(C3=CC4CCC3CN4C(=O)c3ncco3)nc21. The number of amides is 1. The zero-order chi connectivity index (χ0) is 22.2. The van der Waals surface area contributed by atoms with Crippen molar-refractivity contribution >= 4 is 22.6 Å². The summed E-state index contributed by atoms with van der Waals surface area (Å²) in [5, 5.41) is 0. The number of alkyl halides is 2. The lowest BCUT2D eigenvalue weighted by Gasteiger charge is -2.43. The van der Waals surface area contributed by atoms with E-state index in [2.05, 4.69) is 11.1 Å². The molecule has 1 saturated heterocycles. The Morgan fingerprint density at radius 1 is 1.31 bits per heavy atom. The molecule has 0 radical (unpaired) electrons. The number of oxazole rings is 1. The molecule has 3 aromatic rings. The second-order valence-electron chi connectivity index (χ2n) is 8.91. The minimum atomic E-state index is -2.68. The molecule has 3 aromatic heterocycles. The normalized spacial score (nSPS) is 25.9. The summed E-state index contributed by atoms with van der Waals surface area (Å²) in [5.41, 5.74) is 2.50. The molecule has 3 atom stereocenters. The quantitative estimate of drug-likeness (QED) is 0.622. The number of aromatic nitrogens is 4. The van der Waals surface area contributed by atoms with Crippen LogP contribution in [0.25, 0.3) is 16.7 Å². The first-order valence-corrected chi connectivity index (χ1v) is 10.7. The number of pyridine rings is 1. The lowest BCUT2D eigenvalue weighted by molar-refractivity contribution is 0.0569. The van der Waals surface area contributed by atoms with Gasteiger partial charge in [0.25, 0.3) is 11.8 Å². The summed E-state index contributed by atoms with van der Waals surface area (Å²) in [7, 11) is 1.61. The van der Waals surface area contributed by atoms with Gasteiger partial charge in [0.05, 0.1) is 23.4 Å². The number of carbonyl (C=O) groups excluding carboxylic acids is 1. The van der Waals surface area contributed by atoms with E-state index in [0.29, 0.717) is 17.7 Å². The fourth-order valence-electron chi connectivity index (χ4n) is 5.04. The zero-order valence-corrected chi connectivity index (χ0v) is 17.4. The van der Waals surface area contributed by atoms with Gasteiger partial charge in [0.1, 0.15) is 6.26 Å². The Hall–Kier alpha value is -3.30. The molecule has 4 aliphatic rings. The Morgan fingerprint density at radius 2 is 2.12 bits per heavy atom. The molecule has 166 valence electrons. The zero-order valence-electron chi connectivity index (χ0n) is 17.4. The van der Waals surface area contributed by atoms with Crippen LogP contribution >= 0.6 is 0 Å². The van der Waals surface area contributed by atoms with Crippen LogP contribution < -0.4 is 5.69 Å². The molecular weight excluding hydrogens is 420 g/mol. The average molecular weight is 441 g/mol. The first-order valence-electron chi connectivity index (χ1n) is 10.7. The topological polar surface area (TPSA) is 86.2 Å². The highest BCUT2D eigenvalue weighted by atomic mass is 19.3. The second-order valence-corrected chi connectivity index (χ2v) is 8.91. The van der Waals surface area contributed by atoms with Crippen LogP contribution in [0.1, 0.15) is 35.6 Å². The summed E-state index contributed by atoms with van der Waals surface area (Å²) >= 11 is 0. The largest absolute Gasteiger partial charge is 0.441 e. The van der Waals surface area contributed by atoms with E-state index in [1.165, 1.54) is 21.6 Å². The van der Waals surface area contributed by atoms with Gasteiger partial charge in [-0.1, -0.05) is 6.08 Å². The third-order valence-corrected chi connectivity index (χ3v) is 6.95. The molecule has 32 heavy (non-hydrogen) atoms. The van der Waals surface area contributed by atoms with Crippen molar-refractivity contribution in [3.63, 3.8) is 0 Å². The molecule has 1 amide bonds. The lowest BCUT2D eigenvalue weighted by Crippen LogP contribution is -2.49. The molecule has 2 aliphatic carbocycles. The van der Waals surface area contributed by atoms with Crippen molar-refractivity contribution in [3.05, 3.63) is 52.7 Å². The molecule has 10 heteroatoms. The van der Waals surface area contributed by atoms with Gasteiger partial charge in [-0.15, -0.1) is 0 Å². The minimum absolute atomic E-state index is 0.00448. The van der Waals surface area contributed by atoms with Crippen molar-refractivity contribution in [1.29, 1.82) is 0 Å². The number of carbonyl (C=O) groups is 1. The molecule has 2 aliphatic heterocycles. The standard InChI is InChI=1S/C22H21F2N5O3/c1-27-18-17(29(21(27)31)11-13-9-22(13,23)24)5-4-16(26-18)15-8-14-3-2-12(15)10-28(14)20(30)19-25-6-7-32-19/h4-8,12-14H,2-3,9-11H2,1H3. The smallest absolute Gasteiger partial charge is 0.330 e. The van der Waals surface area contributed by atoms with Gasteiger partial charge in [-0.3, -0.25) is 13.9 Å². The minimum Gasteiger partial charge on any atom is -0.441 e. The van der Waals surface area contributed by atoms with Gasteiger partial charge < -0.3 is 9.32 Å². The summed E-state index contributed by atoms with van der Waals surface area (Å²) in [6, 6.07) is 3.56. The number of piperidine rings is 1. The van der Waals surface area contributed by atoms with Crippen LogP contribution in [0.2, 0.25) is 0 Å². The van der Waals surface area contributed by atoms with Gasteiger partial charge >= 0.3 is 11.6 Å². The van der Waals surface area contributed by atoms with Crippen molar-refractivity contribution in [2.75, 3.05) is 6.54 Å². The Bertz CT molecular complexity index is 1320. The highest BCUT2D eigenvalue weighted by molar-refractivity contribution is 5.91. The molecule has 2 bridgehead atoms. The summed E-state index contributed by atoms with van der Waals surface area (Å²) in [6.45, 7) is 0.545. The molecule has 2 fully saturated rings. The van der Waals surface area contributed by atoms with Crippen LogP contribution in [-0.4, -0.2) is 48.4 Å². The van der Waals surface area contributed by atoms with E-state index in [0.717, 1.165) is 24.1 Å². The Balaban J connectivity index is 1.33. The fourth-order valence-corrected chi connectivity index (χ4v) is 5.04. The van der Waals surface area contributed by atoms with Crippen LogP contribution in [0, 0.1) is 11.8 Å². The van der Waals surface area contributed by atoms with Gasteiger partial charge in [0, 0.05) is 38.4 Å². The van der Waals surface area contributed by atoms with E-state index in [1.54, 1.807) is 18.0 Å². The summed E-state index contributed by atoms with van der Waals surface area (Å²) in [4.78, 5) is 35.9. The third kappa shape index (κ3) is 2.85. The number of fused-ring (bicyclic) bond motifs is 3. The predicted molar refractivity (Wildman–Crippen MR) is 110 cm³/mol. The highest BCUT2D eigenvalue weighted by Crippen LogP contribution is 2.49. The first-order chi connectivity index (χ1) is 15.3. The van der Waals surface area contributed by atoms with Crippen LogP contribution in [0.15, 0.2) is 39.9 Å². The molecule has 5 heterocycles. The van der Waals surface area contributed by atoms with Gasteiger partial charge in [0.15, 0.2) is 5.65 Å². The van der Waals surface area contributed by atoms with E-state index in [9.17, 15) is 18.4 Å². The van der Waals surface area contributed by atoms with Gasteiger partial charge in [-0.05, 0) is 30.5 Å². The molecular formula is C22H21F2N5O3. The Morgan fingerprint density at radius 3 is 2.78 bits per heavy atom. The van der Waals surface area contributed by atoms with Crippen LogP contribution in [0.3, 0.4) is 0 Å². The highest BCUT2D eigenvalue weighted by Gasteiger charge is 2.57. The monoisotopic (exact) mass is 441 g/mol. The number of rotatable bonds is 4. The summed E-state index contributed by atoms with van der Waals surface area (Å²) < 4.78 is 34.8. The maximum atomic E-state index is 13.4. The van der Waals surface area contributed by atoms with E-state index in [4.69, 9.17) is 9.40 Å². The van der Waals surface area contributed by atoms with E-state index in [-0.39, 0.29) is 42.4 Å². The molecule has 0 spiro atoms. The number of nitrogens with zero attached hydrogens (tertiary/aromatic N) is 5. The second kappa shape index (κ2) is 6.60. The Labute approximate surface area is 181 Å². The molecule has 0 N–H and O–H groups in total.